The lowest BCUT2D eigenvalue weighted by atomic mass is 10.0. The van der Waals surface area contributed by atoms with Crippen molar-refractivity contribution in [2.75, 3.05) is 17.6 Å². The third-order valence-corrected chi connectivity index (χ3v) is 6.47. The third kappa shape index (κ3) is 3.79. The molecule has 0 radical (unpaired) electrons. The van der Waals surface area contributed by atoms with Crippen LogP contribution in [0.15, 0.2) is 40.2 Å². The molecule has 25 heavy (non-hydrogen) atoms. The molecule has 1 N–H and O–H groups in total. The highest BCUT2D eigenvalue weighted by atomic mass is 32.2. The van der Waals surface area contributed by atoms with Crippen LogP contribution in [0.4, 0.5) is 5.69 Å². The van der Waals surface area contributed by atoms with E-state index in [1.807, 2.05) is 13.0 Å². The molecule has 1 aromatic carbocycles. The monoisotopic (exact) mass is 360 g/mol. The molecule has 2 aromatic rings. The maximum atomic E-state index is 12.3. The van der Waals surface area contributed by atoms with Crippen molar-refractivity contribution in [3.8, 4) is 11.1 Å². The summed E-state index contributed by atoms with van der Waals surface area (Å²) in [6, 6.07) is 6.81. The van der Waals surface area contributed by atoms with Crippen LogP contribution in [-0.2, 0) is 16.9 Å². The van der Waals surface area contributed by atoms with E-state index in [4.69, 9.17) is 0 Å². The first-order chi connectivity index (χ1) is 11.8. The Balaban J connectivity index is 2.14. The fourth-order valence-corrected chi connectivity index (χ4v) is 3.75. The van der Waals surface area contributed by atoms with Crippen LogP contribution in [0.5, 0.6) is 0 Å². The van der Waals surface area contributed by atoms with E-state index in [-0.39, 0.29) is 11.3 Å². The molecule has 134 valence electrons. The van der Waals surface area contributed by atoms with Gasteiger partial charge in [0.2, 0.25) is 0 Å². The van der Waals surface area contributed by atoms with Crippen LogP contribution in [0, 0.1) is 12.8 Å². The molecule has 0 atom stereocenters. The number of anilines is 1. The largest absolute Gasteiger partial charge is 0.384 e. The minimum atomic E-state index is -3.29. The molecule has 0 saturated heterocycles. The van der Waals surface area contributed by atoms with Gasteiger partial charge >= 0.3 is 0 Å². The highest BCUT2D eigenvalue weighted by Gasteiger charge is 2.22. The molecule has 0 amide bonds. The molecule has 1 aromatic heterocycles. The standard InChI is InChI=1S/C19H24N2O3S/c1-4-25(23,24)15-7-8-18(20-11-14-5-6-14)16(10-15)17-12-21(3)19(22)9-13(17)2/h7-10,12,14,20H,4-6,11H2,1-3H3. The number of hydrogen-bond donors (Lipinski definition) is 1. The number of nitrogens with zero attached hydrogens (tertiary/aromatic N) is 1. The fraction of sp³-hybridized carbons (Fsp3) is 0.421. The summed E-state index contributed by atoms with van der Waals surface area (Å²) in [5.41, 5.74) is 3.36. The van der Waals surface area contributed by atoms with Gasteiger partial charge in [-0.3, -0.25) is 4.79 Å². The Morgan fingerprint density at radius 1 is 1.20 bits per heavy atom. The number of hydrogen-bond acceptors (Lipinski definition) is 4. The van der Waals surface area contributed by atoms with Gasteiger partial charge in [-0.25, -0.2) is 8.42 Å². The van der Waals surface area contributed by atoms with Crippen LogP contribution in [0.1, 0.15) is 25.3 Å². The number of aromatic nitrogens is 1. The number of rotatable bonds is 6. The van der Waals surface area contributed by atoms with E-state index >= 15 is 0 Å². The zero-order valence-corrected chi connectivity index (χ0v) is 15.7. The van der Waals surface area contributed by atoms with Gasteiger partial charge in [-0.15, -0.1) is 0 Å². The molecule has 1 aliphatic carbocycles. The van der Waals surface area contributed by atoms with E-state index in [1.165, 1.54) is 17.4 Å². The van der Waals surface area contributed by atoms with Gasteiger partial charge in [-0.05, 0) is 49.4 Å². The summed E-state index contributed by atoms with van der Waals surface area (Å²) in [6.07, 6.45) is 4.25. The van der Waals surface area contributed by atoms with Crippen LogP contribution in [0.3, 0.4) is 0 Å². The molecule has 6 heteroatoms. The molecule has 3 rings (SSSR count). The average Bonchev–Trinajstić information content (AvgIpc) is 3.40. The second-order valence-electron chi connectivity index (χ2n) is 6.75. The summed E-state index contributed by atoms with van der Waals surface area (Å²) in [5.74, 6) is 0.765. The molecule has 1 heterocycles. The highest BCUT2D eigenvalue weighted by Crippen LogP contribution is 2.34. The molecule has 1 fully saturated rings. The summed E-state index contributed by atoms with van der Waals surface area (Å²) >= 11 is 0. The Labute approximate surface area is 148 Å². The number of nitrogens with one attached hydrogen (secondary N) is 1. The molecule has 1 aliphatic rings. The van der Waals surface area contributed by atoms with Crippen LogP contribution >= 0.6 is 0 Å². The predicted octanol–water partition coefficient (Wildman–Crippen LogP) is 2.98. The molecular weight excluding hydrogens is 336 g/mol. The number of pyridine rings is 1. The van der Waals surface area contributed by atoms with Gasteiger partial charge in [0.1, 0.15) is 0 Å². The van der Waals surface area contributed by atoms with E-state index in [0.29, 0.717) is 10.8 Å². The van der Waals surface area contributed by atoms with Crippen molar-refractivity contribution in [2.24, 2.45) is 13.0 Å². The molecule has 0 bridgehead atoms. The summed E-state index contributed by atoms with van der Waals surface area (Å²) in [5, 5.41) is 3.45. The van der Waals surface area contributed by atoms with Crippen molar-refractivity contribution < 1.29 is 8.42 Å². The first-order valence-electron chi connectivity index (χ1n) is 8.60. The second kappa shape index (κ2) is 6.67. The van der Waals surface area contributed by atoms with Crippen LogP contribution in [0.25, 0.3) is 11.1 Å². The van der Waals surface area contributed by atoms with Gasteiger partial charge in [0.15, 0.2) is 9.84 Å². The topological polar surface area (TPSA) is 68.2 Å². The van der Waals surface area contributed by atoms with Gasteiger partial charge in [-0.1, -0.05) is 6.92 Å². The van der Waals surface area contributed by atoms with Crippen molar-refractivity contribution in [3.05, 3.63) is 46.4 Å². The first kappa shape index (κ1) is 17.7. The molecular formula is C19H24N2O3S. The van der Waals surface area contributed by atoms with Gasteiger partial charge < -0.3 is 9.88 Å². The van der Waals surface area contributed by atoms with E-state index < -0.39 is 9.84 Å². The number of benzene rings is 1. The Hall–Kier alpha value is -2.08. The zero-order valence-electron chi connectivity index (χ0n) is 14.9. The van der Waals surface area contributed by atoms with E-state index in [2.05, 4.69) is 5.32 Å². The highest BCUT2D eigenvalue weighted by molar-refractivity contribution is 7.91. The quantitative estimate of drug-likeness (QED) is 0.860. The Bertz CT molecular complexity index is 957. The fourth-order valence-electron chi connectivity index (χ4n) is 2.84. The van der Waals surface area contributed by atoms with E-state index in [1.54, 1.807) is 38.4 Å². The minimum Gasteiger partial charge on any atom is -0.384 e. The van der Waals surface area contributed by atoms with E-state index in [9.17, 15) is 13.2 Å². The van der Waals surface area contributed by atoms with Crippen LogP contribution < -0.4 is 10.9 Å². The van der Waals surface area contributed by atoms with Gasteiger partial charge in [0.05, 0.1) is 10.6 Å². The Morgan fingerprint density at radius 2 is 1.92 bits per heavy atom. The van der Waals surface area contributed by atoms with Crippen LogP contribution in [-0.4, -0.2) is 25.3 Å². The Morgan fingerprint density at radius 3 is 2.56 bits per heavy atom. The van der Waals surface area contributed by atoms with Crippen molar-refractivity contribution in [1.82, 2.24) is 4.57 Å². The summed E-state index contributed by atoms with van der Waals surface area (Å²) in [6.45, 7) is 4.41. The summed E-state index contributed by atoms with van der Waals surface area (Å²) in [7, 11) is -1.59. The first-order valence-corrected chi connectivity index (χ1v) is 10.3. The predicted molar refractivity (Wildman–Crippen MR) is 101 cm³/mol. The lowest BCUT2D eigenvalue weighted by Crippen LogP contribution is -2.16. The molecule has 0 aliphatic heterocycles. The zero-order chi connectivity index (χ0) is 18.2. The molecule has 5 nitrogen and oxygen atoms in total. The maximum Gasteiger partial charge on any atom is 0.250 e. The van der Waals surface area contributed by atoms with Crippen molar-refractivity contribution in [1.29, 1.82) is 0 Å². The summed E-state index contributed by atoms with van der Waals surface area (Å²) in [4.78, 5) is 12.2. The van der Waals surface area contributed by atoms with Gasteiger partial charge in [-0.2, -0.15) is 0 Å². The lowest BCUT2D eigenvalue weighted by Gasteiger charge is -2.16. The minimum absolute atomic E-state index is 0.0630. The summed E-state index contributed by atoms with van der Waals surface area (Å²) < 4.78 is 26.1. The molecule has 0 spiro atoms. The average molecular weight is 360 g/mol. The molecule has 0 unspecified atom stereocenters. The van der Waals surface area contributed by atoms with Gasteiger partial charge in [0.25, 0.3) is 5.56 Å². The Kier molecular flexibility index (Phi) is 4.73. The number of sulfone groups is 1. The third-order valence-electron chi connectivity index (χ3n) is 4.73. The molecule has 1 saturated carbocycles. The maximum absolute atomic E-state index is 12.3. The lowest BCUT2D eigenvalue weighted by molar-refractivity contribution is 0.597. The van der Waals surface area contributed by atoms with Crippen molar-refractivity contribution >= 4 is 15.5 Å². The van der Waals surface area contributed by atoms with Crippen LogP contribution in [0.2, 0.25) is 0 Å². The van der Waals surface area contributed by atoms with E-state index in [0.717, 1.165) is 28.9 Å². The SMILES string of the molecule is CCS(=O)(=O)c1ccc(NCC2CC2)c(-c2cn(C)c(=O)cc2C)c1. The second-order valence-corrected chi connectivity index (χ2v) is 9.03. The normalized spacial score (nSPS) is 14.5. The van der Waals surface area contributed by atoms with Crippen molar-refractivity contribution in [2.45, 2.75) is 31.6 Å². The van der Waals surface area contributed by atoms with Crippen molar-refractivity contribution in [3.63, 3.8) is 0 Å². The number of aryl methyl sites for hydroxylation is 2. The smallest absolute Gasteiger partial charge is 0.250 e. The van der Waals surface area contributed by atoms with Gasteiger partial charge in [0, 0.05) is 42.7 Å².